The van der Waals surface area contributed by atoms with Gasteiger partial charge in [0.2, 0.25) is 5.91 Å². The average Bonchev–Trinajstić information content (AvgIpc) is 2.56. The van der Waals surface area contributed by atoms with E-state index in [1.54, 1.807) is 11.8 Å². The molecule has 24 heavy (non-hydrogen) atoms. The summed E-state index contributed by atoms with van der Waals surface area (Å²) in [6, 6.07) is 18.0. The first kappa shape index (κ1) is 18.9. The molecule has 2 aromatic rings. The molecule has 0 aliphatic rings. The highest BCUT2D eigenvalue weighted by molar-refractivity contribution is 7.99. The molecular formula is C20H24ClNOS. The van der Waals surface area contributed by atoms with E-state index >= 15 is 0 Å². The molecule has 0 aliphatic carbocycles. The Kier molecular flexibility index (Phi) is 7.67. The fourth-order valence-electron chi connectivity index (χ4n) is 2.54. The van der Waals surface area contributed by atoms with Crippen molar-refractivity contribution in [1.29, 1.82) is 0 Å². The van der Waals surface area contributed by atoms with Gasteiger partial charge in [-0.25, -0.2) is 0 Å². The highest BCUT2D eigenvalue weighted by Crippen LogP contribution is 2.23. The summed E-state index contributed by atoms with van der Waals surface area (Å²) in [4.78, 5) is 12.3. The number of rotatable bonds is 8. The quantitative estimate of drug-likeness (QED) is 0.674. The summed E-state index contributed by atoms with van der Waals surface area (Å²) in [5.41, 5.74) is 2.23. The van der Waals surface area contributed by atoms with E-state index in [1.807, 2.05) is 42.5 Å². The van der Waals surface area contributed by atoms with Crippen LogP contribution in [0.2, 0.25) is 5.02 Å². The molecule has 0 saturated carbocycles. The second-order valence-electron chi connectivity index (χ2n) is 6.24. The Bertz CT molecular complexity index is 645. The van der Waals surface area contributed by atoms with Crippen molar-refractivity contribution in [1.82, 2.24) is 5.32 Å². The Morgan fingerprint density at radius 1 is 1.08 bits per heavy atom. The van der Waals surface area contributed by atoms with Gasteiger partial charge in [0.1, 0.15) is 0 Å². The van der Waals surface area contributed by atoms with Gasteiger partial charge in [-0.1, -0.05) is 74.0 Å². The van der Waals surface area contributed by atoms with Crippen LogP contribution in [0.25, 0.3) is 0 Å². The minimum Gasteiger partial charge on any atom is -0.349 e. The van der Waals surface area contributed by atoms with E-state index in [9.17, 15) is 4.79 Å². The van der Waals surface area contributed by atoms with Gasteiger partial charge in [0.25, 0.3) is 0 Å². The largest absolute Gasteiger partial charge is 0.349 e. The van der Waals surface area contributed by atoms with Gasteiger partial charge in [-0.3, -0.25) is 4.79 Å². The van der Waals surface area contributed by atoms with E-state index in [-0.39, 0.29) is 11.9 Å². The zero-order valence-corrected chi connectivity index (χ0v) is 15.7. The maximum Gasteiger partial charge on any atom is 0.230 e. The second kappa shape index (κ2) is 9.75. The third kappa shape index (κ3) is 6.21. The van der Waals surface area contributed by atoms with Gasteiger partial charge in [-0.05, 0) is 29.5 Å². The molecule has 2 rings (SSSR count). The van der Waals surface area contributed by atoms with Crippen molar-refractivity contribution in [2.24, 2.45) is 5.92 Å². The number of nitrogens with one attached hydrogen (secondary N) is 1. The minimum absolute atomic E-state index is 0.0691. The molecule has 0 bridgehead atoms. The summed E-state index contributed by atoms with van der Waals surface area (Å²) in [5, 5.41) is 3.93. The zero-order valence-electron chi connectivity index (χ0n) is 14.2. The maximum absolute atomic E-state index is 12.3. The normalized spacial score (nSPS) is 12.2. The molecule has 0 spiro atoms. The first-order valence-electron chi connectivity index (χ1n) is 8.21. The summed E-state index contributed by atoms with van der Waals surface area (Å²) in [6.45, 7) is 4.35. The van der Waals surface area contributed by atoms with Gasteiger partial charge < -0.3 is 5.32 Å². The average molecular weight is 362 g/mol. The van der Waals surface area contributed by atoms with Crippen LogP contribution in [0.3, 0.4) is 0 Å². The van der Waals surface area contributed by atoms with Crippen molar-refractivity contribution < 1.29 is 4.79 Å². The van der Waals surface area contributed by atoms with Crippen molar-refractivity contribution in [2.45, 2.75) is 32.1 Å². The van der Waals surface area contributed by atoms with Crippen LogP contribution >= 0.6 is 23.4 Å². The van der Waals surface area contributed by atoms with E-state index in [0.717, 1.165) is 28.3 Å². The van der Waals surface area contributed by atoms with Crippen molar-refractivity contribution in [3.8, 4) is 0 Å². The summed E-state index contributed by atoms with van der Waals surface area (Å²) in [5.74, 6) is 1.77. The molecule has 4 heteroatoms. The number of amides is 1. The zero-order chi connectivity index (χ0) is 17.4. The predicted octanol–water partition coefficient (Wildman–Crippen LogP) is 5.48. The lowest BCUT2D eigenvalue weighted by molar-refractivity contribution is -0.119. The molecule has 0 radical (unpaired) electrons. The molecule has 2 nitrogen and oxygen atoms in total. The fourth-order valence-corrected chi connectivity index (χ4v) is 3.66. The Balaban J connectivity index is 1.87. The van der Waals surface area contributed by atoms with E-state index in [1.165, 1.54) is 0 Å². The van der Waals surface area contributed by atoms with Gasteiger partial charge in [-0.15, -0.1) is 11.8 Å². The lowest BCUT2D eigenvalue weighted by Gasteiger charge is -2.21. The Labute approximate surface area is 154 Å². The van der Waals surface area contributed by atoms with Crippen molar-refractivity contribution >= 4 is 29.3 Å². The molecule has 1 amide bonds. The molecule has 0 aliphatic heterocycles. The van der Waals surface area contributed by atoms with Crippen LogP contribution in [0.4, 0.5) is 0 Å². The molecule has 0 saturated heterocycles. The number of halogens is 1. The summed E-state index contributed by atoms with van der Waals surface area (Å²) >= 11 is 7.74. The fraction of sp³-hybridized carbons (Fsp3) is 0.350. The lowest BCUT2D eigenvalue weighted by Crippen LogP contribution is -2.30. The van der Waals surface area contributed by atoms with E-state index in [4.69, 9.17) is 11.6 Å². The van der Waals surface area contributed by atoms with Gasteiger partial charge in [0.15, 0.2) is 0 Å². The number of benzene rings is 2. The van der Waals surface area contributed by atoms with E-state index in [2.05, 4.69) is 31.3 Å². The van der Waals surface area contributed by atoms with Crippen LogP contribution in [0.5, 0.6) is 0 Å². The molecular weight excluding hydrogens is 338 g/mol. The number of carbonyl (C=O) groups excluding carboxylic acids is 1. The summed E-state index contributed by atoms with van der Waals surface area (Å²) in [7, 11) is 0. The summed E-state index contributed by atoms with van der Waals surface area (Å²) in [6.07, 6.45) is 0.935. The highest BCUT2D eigenvalue weighted by atomic mass is 35.5. The topological polar surface area (TPSA) is 29.1 Å². The van der Waals surface area contributed by atoms with Crippen LogP contribution < -0.4 is 5.32 Å². The molecule has 0 aromatic heterocycles. The first-order chi connectivity index (χ1) is 11.6. The molecule has 1 atom stereocenters. The van der Waals surface area contributed by atoms with Crippen LogP contribution in [0, 0.1) is 5.92 Å². The molecule has 128 valence electrons. The van der Waals surface area contributed by atoms with Crippen molar-refractivity contribution in [3.05, 3.63) is 70.7 Å². The number of hydrogen-bond acceptors (Lipinski definition) is 2. The van der Waals surface area contributed by atoms with E-state index < -0.39 is 0 Å². The SMILES string of the molecule is CC(C)CC(NC(=O)CSCc1ccccc1Cl)c1ccccc1. The lowest BCUT2D eigenvalue weighted by atomic mass is 9.97. The van der Waals surface area contributed by atoms with Crippen LogP contribution in [-0.2, 0) is 10.5 Å². The smallest absolute Gasteiger partial charge is 0.230 e. The number of hydrogen-bond donors (Lipinski definition) is 1. The van der Waals surface area contributed by atoms with Gasteiger partial charge in [-0.2, -0.15) is 0 Å². The molecule has 1 N–H and O–H groups in total. The molecule has 2 aromatic carbocycles. The Hall–Kier alpha value is -1.45. The second-order valence-corrected chi connectivity index (χ2v) is 7.64. The minimum atomic E-state index is 0.0691. The Morgan fingerprint density at radius 2 is 1.75 bits per heavy atom. The van der Waals surface area contributed by atoms with Gasteiger partial charge >= 0.3 is 0 Å². The van der Waals surface area contributed by atoms with E-state index in [0.29, 0.717) is 11.7 Å². The standard InChI is InChI=1S/C20H24ClNOS/c1-15(2)12-19(16-8-4-3-5-9-16)22-20(23)14-24-13-17-10-6-7-11-18(17)21/h3-11,15,19H,12-14H2,1-2H3,(H,22,23). The number of carbonyl (C=O) groups is 1. The number of thioether (sulfide) groups is 1. The van der Waals surface area contributed by atoms with Crippen LogP contribution in [-0.4, -0.2) is 11.7 Å². The first-order valence-corrected chi connectivity index (χ1v) is 9.75. The third-order valence-corrected chi connectivity index (χ3v) is 5.04. The highest BCUT2D eigenvalue weighted by Gasteiger charge is 2.16. The van der Waals surface area contributed by atoms with Gasteiger partial charge in [0.05, 0.1) is 11.8 Å². The van der Waals surface area contributed by atoms with Crippen LogP contribution in [0.1, 0.15) is 37.4 Å². The van der Waals surface area contributed by atoms with Crippen molar-refractivity contribution in [2.75, 3.05) is 5.75 Å². The third-order valence-electron chi connectivity index (χ3n) is 3.69. The van der Waals surface area contributed by atoms with Crippen LogP contribution in [0.15, 0.2) is 54.6 Å². The predicted molar refractivity (Wildman–Crippen MR) is 104 cm³/mol. The Morgan fingerprint density at radius 3 is 2.42 bits per heavy atom. The molecule has 1 unspecified atom stereocenters. The maximum atomic E-state index is 12.3. The molecule has 0 fully saturated rings. The molecule has 0 heterocycles. The van der Waals surface area contributed by atoms with Gasteiger partial charge in [0, 0.05) is 10.8 Å². The van der Waals surface area contributed by atoms with Crippen molar-refractivity contribution in [3.63, 3.8) is 0 Å². The summed E-state index contributed by atoms with van der Waals surface area (Å²) < 4.78 is 0. The monoisotopic (exact) mass is 361 g/mol.